The maximum atomic E-state index is 12.3. The van der Waals surface area contributed by atoms with Crippen molar-refractivity contribution in [1.82, 2.24) is 5.16 Å². The zero-order valence-corrected chi connectivity index (χ0v) is 15.1. The van der Waals surface area contributed by atoms with E-state index < -0.39 is 12.6 Å². The first-order chi connectivity index (χ1) is 11.9. The fourth-order valence-corrected chi connectivity index (χ4v) is 3.19. The molecule has 25 heavy (non-hydrogen) atoms. The van der Waals surface area contributed by atoms with Crippen LogP contribution in [0.5, 0.6) is 5.75 Å². The van der Waals surface area contributed by atoms with Crippen molar-refractivity contribution in [3.63, 3.8) is 0 Å². The molecule has 1 N–H and O–H groups in total. The smallest absolute Gasteiger partial charge is 0.341 e. The van der Waals surface area contributed by atoms with Gasteiger partial charge in [0.15, 0.2) is 6.61 Å². The van der Waals surface area contributed by atoms with Gasteiger partial charge in [0.1, 0.15) is 11.5 Å². The maximum Gasteiger partial charge on any atom is 0.341 e. The minimum Gasteiger partial charge on any atom is -0.482 e. The quantitative estimate of drug-likeness (QED) is 0.769. The van der Waals surface area contributed by atoms with E-state index >= 15 is 0 Å². The normalized spacial score (nSPS) is 10.5. The topological polar surface area (TPSA) is 92.9 Å². The molecule has 0 aliphatic rings. The molecule has 0 atom stereocenters. The van der Waals surface area contributed by atoms with Crippen molar-refractivity contribution in [1.29, 1.82) is 0 Å². The number of carboxylic acids is 1. The van der Waals surface area contributed by atoms with Gasteiger partial charge >= 0.3 is 5.97 Å². The van der Waals surface area contributed by atoms with Crippen LogP contribution in [0.15, 0.2) is 28.8 Å². The Kier molecular flexibility index (Phi) is 6.46. The van der Waals surface area contributed by atoms with Gasteiger partial charge in [0.25, 0.3) is 0 Å². The number of ether oxygens (including phenoxy) is 1. The lowest BCUT2D eigenvalue weighted by Crippen LogP contribution is -2.27. The Morgan fingerprint density at radius 1 is 1.28 bits per heavy atom. The van der Waals surface area contributed by atoms with Crippen molar-refractivity contribution in [2.24, 2.45) is 0 Å². The van der Waals surface area contributed by atoms with Gasteiger partial charge in [-0.25, -0.2) is 4.79 Å². The average molecular weight is 364 g/mol. The van der Waals surface area contributed by atoms with Crippen molar-refractivity contribution in [2.45, 2.75) is 19.6 Å². The molecule has 1 aromatic carbocycles. The number of carbonyl (C=O) groups excluding carboxylic acids is 1. The van der Waals surface area contributed by atoms with Crippen LogP contribution in [0.2, 0.25) is 0 Å². The minimum absolute atomic E-state index is 0.0315. The number of amides is 1. The van der Waals surface area contributed by atoms with Crippen LogP contribution in [-0.2, 0) is 15.3 Å². The Balaban J connectivity index is 1.85. The summed E-state index contributed by atoms with van der Waals surface area (Å²) in [5.41, 5.74) is 2.59. The van der Waals surface area contributed by atoms with Crippen molar-refractivity contribution >= 4 is 29.3 Å². The molecule has 2 rings (SSSR count). The second-order valence-electron chi connectivity index (χ2n) is 5.42. The third-order valence-corrected chi connectivity index (χ3v) is 4.56. The summed E-state index contributed by atoms with van der Waals surface area (Å²) in [6.07, 6.45) is 0. The highest BCUT2D eigenvalue weighted by molar-refractivity contribution is 7.99. The Bertz CT molecular complexity index is 722. The van der Waals surface area contributed by atoms with Gasteiger partial charge in [-0.15, -0.1) is 11.8 Å². The number of carboxylic acid groups (broad SMARTS) is 1. The first-order valence-electron chi connectivity index (χ1n) is 7.59. The molecule has 2 aromatic rings. The number of anilines is 1. The van der Waals surface area contributed by atoms with Crippen LogP contribution in [0, 0.1) is 13.8 Å². The van der Waals surface area contributed by atoms with Crippen LogP contribution in [0.4, 0.5) is 5.69 Å². The van der Waals surface area contributed by atoms with Gasteiger partial charge in [0.2, 0.25) is 5.91 Å². The van der Waals surface area contributed by atoms with Crippen LogP contribution in [-0.4, -0.2) is 41.5 Å². The fourth-order valence-electron chi connectivity index (χ4n) is 2.10. The van der Waals surface area contributed by atoms with Crippen molar-refractivity contribution in [3.8, 4) is 5.75 Å². The molecule has 0 unspecified atom stereocenters. The first-order valence-corrected chi connectivity index (χ1v) is 8.74. The monoisotopic (exact) mass is 364 g/mol. The predicted octanol–water partition coefficient (Wildman–Crippen LogP) is 2.65. The molecule has 0 saturated heterocycles. The lowest BCUT2D eigenvalue weighted by Gasteiger charge is -2.17. The second-order valence-corrected chi connectivity index (χ2v) is 6.41. The number of nitrogens with zero attached hydrogens (tertiary/aromatic N) is 2. The van der Waals surface area contributed by atoms with Gasteiger partial charge in [-0.1, -0.05) is 5.16 Å². The van der Waals surface area contributed by atoms with Gasteiger partial charge in [0, 0.05) is 24.1 Å². The summed E-state index contributed by atoms with van der Waals surface area (Å²) in [4.78, 5) is 24.3. The molecule has 0 fully saturated rings. The van der Waals surface area contributed by atoms with E-state index in [2.05, 4.69) is 5.16 Å². The van der Waals surface area contributed by atoms with E-state index in [4.69, 9.17) is 14.4 Å². The molecule has 0 saturated carbocycles. The first kappa shape index (κ1) is 18.9. The molecule has 0 bridgehead atoms. The highest BCUT2D eigenvalue weighted by Crippen LogP contribution is 2.22. The number of thioether (sulfide) groups is 1. The Hall–Kier alpha value is -2.48. The van der Waals surface area contributed by atoms with E-state index in [1.54, 1.807) is 36.2 Å². The summed E-state index contributed by atoms with van der Waals surface area (Å²) >= 11 is 1.50. The zero-order valence-electron chi connectivity index (χ0n) is 14.3. The molecule has 0 spiro atoms. The standard InChI is InChI=1S/C17H20N2O5S/c1-11-15(12(2)24-18-11)9-25-10-16(20)19(3)13-4-6-14(7-5-13)23-8-17(21)22/h4-7H,8-10H2,1-3H3,(H,21,22). The molecular weight excluding hydrogens is 344 g/mol. The molecule has 0 radical (unpaired) electrons. The van der Waals surface area contributed by atoms with E-state index in [-0.39, 0.29) is 5.91 Å². The maximum absolute atomic E-state index is 12.3. The third-order valence-electron chi connectivity index (χ3n) is 3.61. The van der Waals surface area contributed by atoms with E-state index in [9.17, 15) is 9.59 Å². The second kappa shape index (κ2) is 8.57. The van der Waals surface area contributed by atoms with E-state index in [1.165, 1.54) is 11.8 Å². The number of aromatic nitrogens is 1. The molecular formula is C17H20N2O5S. The number of aliphatic carboxylic acids is 1. The molecule has 8 heteroatoms. The van der Waals surface area contributed by atoms with Crippen molar-refractivity contribution < 1.29 is 24.0 Å². The molecule has 1 heterocycles. The summed E-state index contributed by atoms with van der Waals surface area (Å²) in [6.45, 7) is 3.35. The van der Waals surface area contributed by atoms with Crippen molar-refractivity contribution in [3.05, 3.63) is 41.3 Å². The van der Waals surface area contributed by atoms with Gasteiger partial charge < -0.3 is 19.3 Å². The SMILES string of the molecule is Cc1noc(C)c1CSCC(=O)N(C)c1ccc(OCC(=O)O)cc1. The number of rotatable bonds is 8. The summed E-state index contributed by atoms with van der Waals surface area (Å²) in [6, 6.07) is 6.71. The van der Waals surface area contributed by atoms with Crippen LogP contribution >= 0.6 is 11.8 Å². The lowest BCUT2D eigenvalue weighted by molar-refractivity contribution is -0.139. The summed E-state index contributed by atoms with van der Waals surface area (Å²) in [7, 11) is 1.70. The number of carbonyl (C=O) groups is 2. The van der Waals surface area contributed by atoms with E-state index in [0.29, 0.717) is 22.9 Å². The Labute approximate surface area is 149 Å². The number of benzene rings is 1. The molecule has 134 valence electrons. The Morgan fingerprint density at radius 2 is 1.96 bits per heavy atom. The van der Waals surface area contributed by atoms with Gasteiger partial charge in [0.05, 0.1) is 11.4 Å². The van der Waals surface area contributed by atoms with Gasteiger partial charge in [-0.2, -0.15) is 0 Å². The van der Waals surface area contributed by atoms with Crippen LogP contribution in [0.25, 0.3) is 0 Å². The minimum atomic E-state index is -1.04. The highest BCUT2D eigenvalue weighted by atomic mass is 32.2. The third kappa shape index (κ3) is 5.25. The van der Waals surface area contributed by atoms with E-state index in [0.717, 1.165) is 17.0 Å². The molecule has 0 aliphatic carbocycles. The van der Waals surface area contributed by atoms with Crippen LogP contribution < -0.4 is 9.64 Å². The fraction of sp³-hybridized carbons (Fsp3) is 0.353. The average Bonchev–Trinajstić information content (AvgIpc) is 2.91. The summed E-state index contributed by atoms with van der Waals surface area (Å²) in [5.74, 6) is 1.16. The predicted molar refractivity (Wildman–Crippen MR) is 95.1 cm³/mol. The largest absolute Gasteiger partial charge is 0.482 e. The van der Waals surface area contributed by atoms with Crippen molar-refractivity contribution in [2.75, 3.05) is 24.3 Å². The number of hydrogen-bond acceptors (Lipinski definition) is 6. The molecule has 1 amide bonds. The van der Waals surface area contributed by atoms with E-state index in [1.807, 2.05) is 13.8 Å². The Morgan fingerprint density at radius 3 is 2.52 bits per heavy atom. The summed E-state index contributed by atoms with van der Waals surface area (Å²) < 4.78 is 10.2. The van der Waals surface area contributed by atoms with Gasteiger partial charge in [-0.05, 0) is 38.1 Å². The number of hydrogen-bond donors (Lipinski definition) is 1. The molecule has 0 aliphatic heterocycles. The lowest BCUT2D eigenvalue weighted by atomic mass is 10.2. The zero-order chi connectivity index (χ0) is 18.4. The summed E-state index contributed by atoms with van der Waals surface area (Å²) in [5, 5.41) is 12.5. The molecule has 7 nitrogen and oxygen atoms in total. The van der Waals surface area contributed by atoms with Crippen LogP contribution in [0.1, 0.15) is 17.0 Å². The highest BCUT2D eigenvalue weighted by Gasteiger charge is 2.14. The number of aryl methyl sites for hydroxylation is 2. The van der Waals surface area contributed by atoms with Gasteiger partial charge in [-0.3, -0.25) is 4.79 Å². The molecule has 1 aromatic heterocycles. The van der Waals surface area contributed by atoms with Crippen LogP contribution in [0.3, 0.4) is 0 Å².